The van der Waals surface area contributed by atoms with Gasteiger partial charge in [-0.1, -0.05) is 34.1 Å². The fraction of sp³-hybridized carbons (Fsp3) is 0.333. The molecule has 2 N–H and O–H groups in total. The smallest absolute Gasteiger partial charge is 0.240 e. The van der Waals surface area contributed by atoms with E-state index in [1.54, 1.807) is 13.0 Å². The second-order valence-electron chi connectivity index (χ2n) is 5.38. The minimum atomic E-state index is -3.62. The van der Waals surface area contributed by atoms with E-state index >= 15 is 0 Å². The topological polar surface area (TPSA) is 66.4 Å². The van der Waals surface area contributed by atoms with Crippen LogP contribution in [0.4, 0.5) is 0 Å². The molecule has 4 nitrogen and oxygen atoms in total. The SMILES string of the molecule is C[C@@H](O)CNS(=O)(=O)c1cc(Br)c2cccc3c2c1CC3. The molecule has 0 saturated heterocycles. The fourth-order valence-corrected chi connectivity index (χ4v) is 4.95. The lowest BCUT2D eigenvalue weighted by Crippen LogP contribution is -2.31. The second kappa shape index (κ2) is 5.35. The highest BCUT2D eigenvalue weighted by Crippen LogP contribution is 2.39. The molecule has 0 amide bonds. The van der Waals surface area contributed by atoms with Gasteiger partial charge in [0, 0.05) is 11.0 Å². The lowest BCUT2D eigenvalue weighted by molar-refractivity contribution is 0.198. The van der Waals surface area contributed by atoms with E-state index in [1.807, 2.05) is 18.2 Å². The van der Waals surface area contributed by atoms with Crippen molar-refractivity contribution in [2.75, 3.05) is 6.54 Å². The van der Waals surface area contributed by atoms with Gasteiger partial charge in [0.05, 0.1) is 11.0 Å². The van der Waals surface area contributed by atoms with Crippen LogP contribution in [0, 0.1) is 0 Å². The Morgan fingerprint density at radius 2 is 2.14 bits per heavy atom. The molecule has 1 aliphatic carbocycles. The normalized spacial score (nSPS) is 15.6. The van der Waals surface area contributed by atoms with Crippen molar-refractivity contribution >= 4 is 36.7 Å². The zero-order valence-corrected chi connectivity index (χ0v) is 14.0. The molecule has 0 aliphatic heterocycles. The zero-order valence-electron chi connectivity index (χ0n) is 11.6. The minimum Gasteiger partial charge on any atom is -0.392 e. The van der Waals surface area contributed by atoms with E-state index < -0.39 is 16.1 Å². The summed E-state index contributed by atoms with van der Waals surface area (Å²) in [6.07, 6.45) is 0.878. The maximum Gasteiger partial charge on any atom is 0.240 e. The Hall–Kier alpha value is -0.950. The number of hydrogen-bond acceptors (Lipinski definition) is 3. The van der Waals surface area contributed by atoms with Gasteiger partial charge in [0.25, 0.3) is 0 Å². The van der Waals surface area contributed by atoms with E-state index in [2.05, 4.69) is 20.7 Å². The monoisotopic (exact) mass is 369 g/mol. The van der Waals surface area contributed by atoms with Crippen LogP contribution in [0.25, 0.3) is 10.8 Å². The van der Waals surface area contributed by atoms with Crippen LogP contribution in [0.1, 0.15) is 18.1 Å². The highest BCUT2D eigenvalue weighted by molar-refractivity contribution is 9.10. The molecule has 1 aliphatic rings. The Morgan fingerprint density at radius 1 is 1.38 bits per heavy atom. The van der Waals surface area contributed by atoms with Crippen molar-refractivity contribution in [3.05, 3.63) is 39.9 Å². The first kappa shape index (κ1) is 15.0. The first-order chi connectivity index (χ1) is 9.90. The molecule has 21 heavy (non-hydrogen) atoms. The Bertz CT molecular complexity index is 815. The standard InChI is InChI=1S/C15H16BrNO3S/c1-9(18)8-17-21(19,20)14-7-13(16)11-4-2-3-10-5-6-12(14)15(10)11/h2-4,7,9,17-18H,5-6,8H2,1H3/t9-/m1/s1. The lowest BCUT2D eigenvalue weighted by atomic mass is 10.1. The molecule has 0 heterocycles. The van der Waals surface area contributed by atoms with Crippen molar-refractivity contribution in [2.24, 2.45) is 0 Å². The summed E-state index contributed by atoms with van der Waals surface area (Å²) in [6, 6.07) is 7.71. The Labute approximate surface area is 132 Å². The zero-order chi connectivity index (χ0) is 15.2. The largest absolute Gasteiger partial charge is 0.392 e. The molecule has 3 rings (SSSR count). The Kier molecular flexibility index (Phi) is 3.81. The highest BCUT2D eigenvalue weighted by atomic mass is 79.9. The maximum atomic E-state index is 12.5. The summed E-state index contributed by atoms with van der Waals surface area (Å²) in [5.74, 6) is 0. The Morgan fingerprint density at radius 3 is 2.86 bits per heavy atom. The molecule has 2 aromatic rings. The number of hydrogen-bond donors (Lipinski definition) is 2. The van der Waals surface area contributed by atoms with E-state index in [0.29, 0.717) is 4.90 Å². The van der Waals surface area contributed by atoms with Crippen LogP contribution in [0.2, 0.25) is 0 Å². The second-order valence-corrected chi connectivity index (χ2v) is 7.97. The van der Waals surface area contributed by atoms with E-state index in [9.17, 15) is 13.5 Å². The van der Waals surface area contributed by atoms with Crippen molar-refractivity contribution in [2.45, 2.75) is 30.8 Å². The van der Waals surface area contributed by atoms with E-state index in [0.717, 1.165) is 33.7 Å². The molecule has 2 aromatic carbocycles. The van der Waals surface area contributed by atoms with Crippen molar-refractivity contribution in [3.8, 4) is 0 Å². The van der Waals surface area contributed by atoms with Gasteiger partial charge in [0.1, 0.15) is 0 Å². The van der Waals surface area contributed by atoms with Crippen LogP contribution in [0.3, 0.4) is 0 Å². The molecule has 6 heteroatoms. The van der Waals surface area contributed by atoms with Gasteiger partial charge in [-0.05, 0) is 47.7 Å². The molecular weight excluding hydrogens is 354 g/mol. The number of benzene rings is 2. The van der Waals surface area contributed by atoms with Gasteiger partial charge in [0.15, 0.2) is 0 Å². The summed E-state index contributed by atoms with van der Waals surface area (Å²) in [5.41, 5.74) is 2.07. The molecule has 0 aromatic heterocycles. The number of aliphatic hydroxyl groups excluding tert-OH is 1. The minimum absolute atomic E-state index is 0.0130. The third kappa shape index (κ3) is 2.61. The van der Waals surface area contributed by atoms with Crippen LogP contribution < -0.4 is 4.72 Å². The van der Waals surface area contributed by atoms with Crippen LogP contribution >= 0.6 is 15.9 Å². The molecular formula is C15H16BrNO3S. The van der Waals surface area contributed by atoms with Gasteiger partial charge in [-0.15, -0.1) is 0 Å². The number of nitrogens with one attached hydrogen (secondary N) is 1. The van der Waals surface area contributed by atoms with Gasteiger partial charge < -0.3 is 5.11 Å². The summed E-state index contributed by atoms with van der Waals surface area (Å²) < 4.78 is 28.2. The van der Waals surface area contributed by atoms with Crippen LogP contribution in [-0.4, -0.2) is 26.2 Å². The van der Waals surface area contributed by atoms with Crippen LogP contribution in [-0.2, 0) is 22.9 Å². The number of halogens is 1. The third-order valence-corrected chi connectivity index (χ3v) is 5.91. The average molecular weight is 370 g/mol. The molecule has 112 valence electrons. The first-order valence-electron chi connectivity index (χ1n) is 6.81. The predicted octanol–water partition coefficient (Wildman–Crippen LogP) is 2.36. The van der Waals surface area contributed by atoms with Gasteiger partial charge in [-0.25, -0.2) is 13.1 Å². The first-order valence-corrected chi connectivity index (χ1v) is 9.08. The molecule has 0 saturated carbocycles. The number of sulfonamides is 1. The summed E-state index contributed by atoms with van der Waals surface area (Å²) in [7, 11) is -3.62. The quantitative estimate of drug-likeness (QED) is 0.869. The van der Waals surface area contributed by atoms with Gasteiger partial charge in [-0.2, -0.15) is 0 Å². The lowest BCUT2D eigenvalue weighted by Gasteiger charge is -2.13. The summed E-state index contributed by atoms with van der Waals surface area (Å²) in [4.78, 5) is 0.312. The molecule has 0 fully saturated rings. The summed E-state index contributed by atoms with van der Waals surface area (Å²) >= 11 is 3.47. The number of rotatable bonds is 4. The van der Waals surface area contributed by atoms with Crippen molar-refractivity contribution in [1.82, 2.24) is 4.72 Å². The molecule has 0 bridgehead atoms. The average Bonchev–Trinajstić information content (AvgIpc) is 2.85. The van der Waals surface area contributed by atoms with Crippen molar-refractivity contribution in [3.63, 3.8) is 0 Å². The fourth-order valence-electron chi connectivity index (χ4n) is 2.82. The molecule has 0 spiro atoms. The number of aliphatic hydroxyl groups is 1. The molecule has 0 radical (unpaired) electrons. The maximum absolute atomic E-state index is 12.5. The molecule has 0 unspecified atom stereocenters. The van der Waals surface area contributed by atoms with Crippen LogP contribution in [0.5, 0.6) is 0 Å². The van der Waals surface area contributed by atoms with Crippen molar-refractivity contribution in [1.29, 1.82) is 0 Å². The van der Waals surface area contributed by atoms with Crippen LogP contribution in [0.15, 0.2) is 33.6 Å². The predicted molar refractivity (Wildman–Crippen MR) is 85.9 cm³/mol. The van der Waals surface area contributed by atoms with Gasteiger partial charge in [0.2, 0.25) is 10.0 Å². The van der Waals surface area contributed by atoms with Gasteiger partial charge in [-0.3, -0.25) is 0 Å². The van der Waals surface area contributed by atoms with E-state index in [1.165, 1.54) is 5.56 Å². The van der Waals surface area contributed by atoms with E-state index in [4.69, 9.17) is 0 Å². The Balaban J connectivity index is 2.18. The number of aryl methyl sites for hydroxylation is 2. The summed E-state index contributed by atoms with van der Waals surface area (Å²) in [5, 5.41) is 11.4. The van der Waals surface area contributed by atoms with Crippen molar-refractivity contribution < 1.29 is 13.5 Å². The van der Waals surface area contributed by atoms with Gasteiger partial charge >= 0.3 is 0 Å². The highest BCUT2D eigenvalue weighted by Gasteiger charge is 2.26. The molecule has 1 atom stereocenters. The van der Waals surface area contributed by atoms with E-state index in [-0.39, 0.29) is 6.54 Å². The third-order valence-electron chi connectivity index (χ3n) is 3.77. The summed E-state index contributed by atoms with van der Waals surface area (Å²) in [6.45, 7) is 1.56.